The first-order valence-corrected chi connectivity index (χ1v) is 7.08. The molecule has 0 heterocycles. The van der Waals surface area contributed by atoms with Crippen LogP contribution < -0.4 is 0 Å². The summed E-state index contributed by atoms with van der Waals surface area (Å²) < 4.78 is 0. The Balaban J connectivity index is 2.38. The van der Waals surface area contributed by atoms with Gasteiger partial charge < -0.3 is 5.53 Å². The molecule has 0 N–H and O–H groups in total. The summed E-state index contributed by atoms with van der Waals surface area (Å²) in [6, 6.07) is 0. The molecule has 0 aromatic rings. The average Bonchev–Trinajstić information content (AvgIpc) is 2.35. The Morgan fingerprint density at radius 3 is 2.68 bits per heavy atom. The first kappa shape index (κ1) is 14.1. The SMILES string of the molecule is CC(C)[C@H]1C[C@H]2[C@@H](C)C(=O)[C@@H]1C[C@]2(C)C(=O)C=[N+]=[N-]. The van der Waals surface area contributed by atoms with Gasteiger partial charge in [-0.25, -0.2) is 0 Å². The molecule has 5 atom stereocenters. The highest BCUT2D eigenvalue weighted by molar-refractivity contribution is 6.28. The Labute approximate surface area is 114 Å². The summed E-state index contributed by atoms with van der Waals surface area (Å²) in [6.07, 6.45) is 2.54. The third-order valence-corrected chi connectivity index (χ3v) is 5.52. The molecule has 0 unspecified atom stereocenters. The molecule has 104 valence electrons. The Morgan fingerprint density at radius 2 is 2.16 bits per heavy atom. The van der Waals surface area contributed by atoms with E-state index in [2.05, 4.69) is 18.6 Å². The Kier molecular flexibility index (Phi) is 3.48. The first-order chi connectivity index (χ1) is 8.82. The van der Waals surface area contributed by atoms with Gasteiger partial charge in [0.25, 0.3) is 0 Å². The Hall–Kier alpha value is -1.28. The van der Waals surface area contributed by atoms with E-state index in [1.807, 2.05) is 13.8 Å². The summed E-state index contributed by atoms with van der Waals surface area (Å²) >= 11 is 0. The molecule has 0 aromatic carbocycles. The number of rotatable bonds is 3. The van der Waals surface area contributed by atoms with Crippen LogP contribution in [0.15, 0.2) is 0 Å². The summed E-state index contributed by atoms with van der Waals surface area (Å²) in [5.74, 6) is 1.03. The molecule has 0 amide bonds. The van der Waals surface area contributed by atoms with Crippen LogP contribution >= 0.6 is 0 Å². The average molecular weight is 262 g/mol. The second-order valence-electron chi connectivity index (χ2n) is 6.78. The van der Waals surface area contributed by atoms with E-state index in [1.54, 1.807) is 0 Å². The van der Waals surface area contributed by atoms with Gasteiger partial charge in [0, 0.05) is 17.3 Å². The lowest BCUT2D eigenvalue weighted by atomic mass is 9.47. The molecular formula is C15H22N2O2. The maximum atomic E-state index is 12.4. The van der Waals surface area contributed by atoms with Crippen molar-refractivity contribution in [2.45, 2.75) is 40.5 Å². The standard InChI is InChI=1S/C15H22N2O2/c1-8(2)10-5-12-9(3)14(19)11(10)6-15(12,4)13(18)7-17-16/h7-12H,5-6H2,1-4H3/t9-,10-,11-,12+,15+/m1/s1. The van der Waals surface area contributed by atoms with Crippen LogP contribution in [-0.4, -0.2) is 22.6 Å². The first-order valence-electron chi connectivity index (χ1n) is 7.08. The van der Waals surface area contributed by atoms with E-state index in [4.69, 9.17) is 5.53 Å². The van der Waals surface area contributed by atoms with Crippen molar-refractivity contribution in [2.24, 2.45) is 35.0 Å². The minimum absolute atomic E-state index is 0.0129. The predicted octanol–water partition coefficient (Wildman–Crippen LogP) is 2.38. The molecule has 0 aromatic heterocycles. The summed E-state index contributed by atoms with van der Waals surface area (Å²) in [6.45, 7) is 8.17. The second-order valence-corrected chi connectivity index (χ2v) is 6.78. The van der Waals surface area contributed by atoms with E-state index in [1.165, 1.54) is 0 Å². The maximum Gasteiger partial charge on any atom is 0.323 e. The molecule has 3 saturated carbocycles. The molecule has 3 rings (SSSR count). The van der Waals surface area contributed by atoms with E-state index in [9.17, 15) is 9.59 Å². The zero-order chi connectivity index (χ0) is 14.4. The molecule has 4 heteroatoms. The van der Waals surface area contributed by atoms with Crippen LogP contribution in [0, 0.1) is 35.0 Å². The molecule has 3 aliphatic rings. The number of hydrogen-bond donors (Lipinski definition) is 0. The molecule has 4 nitrogen and oxygen atoms in total. The summed E-state index contributed by atoms with van der Waals surface area (Å²) in [5.41, 5.74) is 8.05. The zero-order valence-electron chi connectivity index (χ0n) is 12.1. The molecular weight excluding hydrogens is 240 g/mol. The number of Topliss-reactive ketones (excluding diaryl/α,β-unsaturated/α-hetero) is 2. The van der Waals surface area contributed by atoms with Crippen LogP contribution in [0.2, 0.25) is 0 Å². The normalized spacial score (nSPS) is 41.2. The van der Waals surface area contributed by atoms with Crippen molar-refractivity contribution in [1.82, 2.24) is 0 Å². The molecule has 0 aliphatic heterocycles. The van der Waals surface area contributed by atoms with Crippen LogP contribution in [-0.2, 0) is 9.59 Å². The van der Waals surface area contributed by atoms with Crippen molar-refractivity contribution >= 4 is 17.8 Å². The molecule has 19 heavy (non-hydrogen) atoms. The van der Waals surface area contributed by atoms with Crippen molar-refractivity contribution in [3.63, 3.8) is 0 Å². The fourth-order valence-corrected chi connectivity index (χ4v) is 4.30. The van der Waals surface area contributed by atoms with Gasteiger partial charge in [-0.1, -0.05) is 27.7 Å². The zero-order valence-corrected chi connectivity index (χ0v) is 12.1. The summed E-state index contributed by atoms with van der Waals surface area (Å²) in [7, 11) is 0. The molecule has 0 radical (unpaired) electrons. The van der Waals surface area contributed by atoms with E-state index in [0.717, 1.165) is 12.6 Å². The highest BCUT2D eigenvalue weighted by Crippen LogP contribution is 2.57. The van der Waals surface area contributed by atoms with Gasteiger partial charge in [0.1, 0.15) is 5.78 Å². The van der Waals surface area contributed by atoms with Crippen molar-refractivity contribution in [1.29, 1.82) is 0 Å². The summed E-state index contributed by atoms with van der Waals surface area (Å²) in [4.78, 5) is 27.5. The van der Waals surface area contributed by atoms with Crippen molar-refractivity contribution in [3.8, 4) is 0 Å². The van der Waals surface area contributed by atoms with E-state index in [0.29, 0.717) is 24.0 Å². The van der Waals surface area contributed by atoms with Gasteiger partial charge in [-0.2, -0.15) is 4.79 Å². The molecule has 0 saturated heterocycles. The molecule has 2 bridgehead atoms. The van der Waals surface area contributed by atoms with E-state index >= 15 is 0 Å². The van der Waals surface area contributed by atoms with Crippen molar-refractivity contribution in [3.05, 3.63) is 5.53 Å². The monoisotopic (exact) mass is 262 g/mol. The van der Waals surface area contributed by atoms with Crippen LogP contribution in [0.25, 0.3) is 5.53 Å². The fraction of sp³-hybridized carbons (Fsp3) is 0.800. The molecule has 0 spiro atoms. The predicted molar refractivity (Wildman–Crippen MR) is 71.5 cm³/mol. The van der Waals surface area contributed by atoms with Crippen LogP contribution in [0.3, 0.4) is 0 Å². The lowest BCUT2D eigenvalue weighted by Crippen LogP contribution is -2.57. The van der Waals surface area contributed by atoms with Crippen LogP contribution in [0.4, 0.5) is 0 Å². The van der Waals surface area contributed by atoms with Gasteiger partial charge in [-0.15, -0.1) is 0 Å². The van der Waals surface area contributed by atoms with Gasteiger partial charge in [-0.05, 0) is 30.6 Å². The number of fused-ring (bicyclic) bond motifs is 3. The maximum absolute atomic E-state index is 12.4. The third kappa shape index (κ3) is 1.99. The highest BCUT2D eigenvalue weighted by atomic mass is 16.1. The van der Waals surface area contributed by atoms with Gasteiger partial charge >= 0.3 is 6.21 Å². The Bertz CT molecular complexity index is 465. The minimum Gasteiger partial charge on any atom is -0.361 e. The van der Waals surface area contributed by atoms with Gasteiger partial charge in [0.15, 0.2) is 0 Å². The largest absolute Gasteiger partial charge is 0.361 e. The van der Waals surface area contributed by atoms with Crippen LogP contribution in [0.5, 0.6) is 0 Å². The smallest absolute Gasteiger partial charge is 0.323 e. The quantitative estimate of drug-likeness (QED) is 0.445. The molecule has 3 fully saturated rings. The van der Waals surface area contributed by atoms with Crippen molar-refractivity contribution in [2.75, 3.05) is 0 Å². The number of hydrogen-bond acceptors (Lipinski definition) is 2. The number of carbonyl (C=O) groups excluding carboxylic acids is 2. The number of nitrogens with zero attached hydrogens (tertiary/aromatic N) is 2. The minimum atomic E-state index is -0.546. The topological polar surface area (TPSA) is 70.5 Å². The van der Waals surface area contributed by atoms with Crippen LogP contribution in [0.1, 0.15) is 40.5 Å². The third-order valence-electron chi connectivity index (χ3n) is 5.52. The highest BCUT2D eigenvalue weighted by Gasteiger charge is 2.59. The van der Waals surface area contributed by atoms with Gasteiger partial charge in [0.05, 0.1) is 0 Å². The molecule has 3 aliphatic carbocycles. The van der Waals surface area contributed by atoms with Gasteiger partial charge in [-0.3, -0.25) is 9.59 Å². The van der Waals surface area contributed by atoms with Crippen molar-refractivity contribution < 1.29 is 14.4 Å². The number of carbonyl (C=O) groups is 2. The van der Waals surface area contributed by atoms with E-state index < -0.39 is 5.41 Å². The lowest BCUT2D eigenvalue weighted by Gasteiger charge is -2.54. The lowest BCUT2D eigenvalue weighted by molar-refractivity contribution is -0.158. The van der Waals surface area contributed by atoms with E-state index in [-0.39, 0.29) is 23.5 Å². The van der Waals surface area contributed by atoms with Gasteiger partial charge in [0.2, 0.25) is 5.78 Å². The Morgan fingerprint density at radius 1 is 1.53 bits per heavy atom. The number of ketones is 2. The summed E-state index contributed by atoms with van der Waals surface area (Å²) in [5, 5.41) is 0. The fourth-order valence-electron chi connectivity index (χ4n) is 4.30. The second kappa shape index (κ2) is 4.68.